The van der Waals surface area contributed by atoms with Gasteiger partial charge in [0.25, 0.3) is 0 Å². The summed E-state index contributed by atoms with van der Waals surface area (Å²) in [4.78, 5) is 0. The summed E-state index contributed by atoms with van der Waals surface area (Å²) in [7, 11) is 0. The fourth-order valence-corrected chi connectivity index (χ4v) is 11.9. The first-order valence-electron chi connectivity index (χ1n) is 26.9. The molecule has 0 saturated heterocycles. The molecule has 13 rings (SSSR count). The molecular weight excluding hydrogens is 941 g/mol. The van der Waals surface area contributed by atoms with Crippen molar-refractivity contribution in [2.24, 2.45) is 11.8 Å². The number of aliphatic hydroxyl groups is 2. The van der Waals surface area contributed by atoms with Crippen molar-refractivity contribution >= 4 is 43.1 Å². The molecule has 12 aromatic carbocycles. The molecule has 0 radical (unpaired) electrons. The van der Waals surface area contributed by atoms with E-state index in [1.165, 1.54) is 22.3 Å². The predicted molar refractivity (Wildman–Crippen MR) is 319 cm³/mol. The molecule has 2 unspecified atom stereocenters. The molecule has 4 heteroatoms. The van der Waals surface area contributed by atoms with Crippen molar-refractivity contribution in [1.29, 1.82) is 0 Å². The lowest BCUT2D eigenvalue weighted by Crippen LogP contribution is -2.29. The van der Waals surface area contributed by atoms with E-state index in [0.29, 0.717) is 13.2 Å². The Kier molecular flexibility index (Phi) is 12.5. The smallest absolute Gasteiger partial charge is 0.134 e. The number of benzene rings is 12. The van der Waals surface area contributed by atoms with Crippen molar-refractivity contribution in [2.45, 2.75) is 19.3 Å². The molecule has 1 aliphatic carbocycles. The zero-order valence-electron chi connectivity index (χ0n) is 43.3. The van der Waals surface area contributed by atoms with Crippen molar-refractivity contribution in [3.8, 4) is 67.1 Å². The van der Waals surface area contributed by atoms with Gasteiger partial charge in [0.1, 0.15) is 11.5 Å². The monoisotopic (exact) mass is 998 g/mol. The van der Waals surface area contributed by atoms with Crippen LogP contribution in [0.25, 0.3) is 98.7 Å². The first kappa shape index (κ1) is 47.9. The second-order valence-corrected chi connectivity index (χ2v) is 21.1. The van der Waals surface area contributed by atoms with E-state index in [1.54, 1.807) is 0 Å². The van der Waals surface area contributed by atoms with E-state index in [0.717, 1.165) is 110 Å². The maximum Gasteiger partial charge on any atom is 0.134 e. The Morgan fingerprint density at radius 3 is 0.883 bits per heavy atom. The molecule has 0 spiro atoms. The van der Waals surface area contributed by atoms with Crippen molar-refractivity contribution < 1.29 is 19.7 Å². The Morgan fingerprint density at radius 1 is 0.312 bits per heavy atom. The summed E-state index contributed by atoms with van der Waals surface area (Å²) in [6.07, 6.45) is 0. The fourth-order valence-electron chi connectivity index (χ4n) is 11.9. The third-order valence-electron chi connectivity index (χ3n) is 15.9. The summed E-state index contributed by atoms with van der Waals surface area (Å²) in [6.45, 7) is 4.72. The van der Waals surface area contributed by atoms with Crippen LogP contribution in [-0.2, 0) is 5.41 Å². The highest BCUT2D eigenvalue weighted by molar-refractivity contribution is 5.98. The lowest BCUT2D eigenvalue weighted by Gasteiger charge is -2.36. The van der Waals surface area contributed by atoms with E-state index in [9.17, 15) is 10.2 Å². The number of hydrogen-bond acceptors (Lipinski definition) is 4. The SMILES string of the molecule is CC(CO)COc1c(-c2ccc3ccccc3c2)cc(C2(c3cc(-c4ccc5ccccc5c4)c(OCC(C)CO)c(-c4ccc5ccccc5c4)c3)c3ccccc3-c3ccccc32)cc1-c1ccc2ccccc2c1. The van der Waals surface area contributed by atoms with Gasteiger partial charge in [-0.3, -0.25) is 0 Å². The molecule has 0 aliphatic heterocycles. The highest BCUT2D eigenvalue weighted by atomic mass is 16.5. The summed E-state index contributed by atoms with van der Waals surface area (Å²) in [5, 5.41) is 30.1. The van der Waals surface area contributed by atoms with Crippen LogP contribution in [0.2, 0.25) is 0 Å². The topological polar surface area (TPSA) is 58.9 Å². The molecule has 374 valence electrons. The summed E-state index contributed by atoms with van der Waals surface area (Å²) in [6, 6.07) is 88.5. The van der Waals surface area contributed by atoms with Gasteiger partial charge in [-0.2, -0.15) is 0 Å². The Labute approximate surface area is 450 Å². The maximum atomic E-state index is 10.5. The number of aliphatic hydroxyl groups excluding tert-OH is 2. The lowest BCUT2D eigenvalue weighted by molar-refractivity contribution is 0.175. The second kappa shape index (κ2) is 20.0. The van der Waals surface area contributed by atoms with Gasteiger partial charge in [0, 0.05) is 47.3 Å². The minimum Gasteiger partial charge on any atom is -0.492 e. The minimum absolute atomic E-state index is 0.00306. The average molecular weight is 999 g/mol. The molecule has 0 bridgehead atoms. The largest absolute Gasteiger partial charge is 0.492 e. The van der Waals surface area contributed by atoms with Gasteiger partial charge in [-0.05, 0) is 147 Å². The van der Waals surface area contributed by atoms with E-state index in [-0.39, 0.29) is 25.0 Å². The van der Waals surface area contributed by atoms with E-state index >= 15 is 0 Å². The van der Waals surface area contributed by atoms with E-state index in [4.69, 9.17) is 9.47 Å². The van der Waals surface area contributed by atoms with Crippen LogP contribution in [0.1, 0.15) is 36.1 Å². The molecule has 0 heterocycles. The molecule has 0 amide bonds. The molecule has 2 atom stereocenters. The Bertz CT molecular complexity index is 3740. The van der Waals surface area contributed by atoms with Gasteiger partial charge in [-0.15, -0.1) is 0 Å². The third kappa shape index (κ3) is 8.51. The quantitative estimate of drug-likeness (QED) is 0.114. The van der Waals surface area contributed by atoms with E-state index in [2.05, 4.69) is 243 Å². The highest BCUT2D eigenvalue weighted by Gasteiger charge is 2.47. The molecular formula is C73H58O4. The number of ether oxygens (including phenoxy) is 2. The molecule has 77 heavy (non-hydrogen) atoms. The van der Waals surface area contributed by atoms with Crippen LogP contribution in [0, 0.1) is 11.8 Å². The van der Waals surface area contributed by atoms with Crippen LogP contribution in [-0.4, -0.2) is 36.6 Å². The third-order valence-corrected chi connectivity index (χ3v) is 15.9. The molecule has 0 fully saturated rings. The van der Waals surface area contributed by atoms with Crippen LogP contribution in [0.5, 0.6) is 11.5 Å². The Hall–Kier alpha value is -8.80. The summed E-state index contributed by atoms with van der Waals surface area (Å²) < 4.78 is 14.3. The number of hydrogen-bond donors (Lipinski definition) is 2. The first-order chi connectivity index (χ1) is 37.9. The molecule has 12 aromatic rings. The van der Waals surface area contributed by atoms with Crippen molar-refractivity contribution in [3.05, 3.63) is 265 Å². The predicted octanol–water partition coefficient (Wildman–Crippen LogP) is 17.3. The van der Waals surface area contributed by atoms with Crippen LogP contribution < -0.4 is 9.47 Å². The van der Waals surface area contributed by atoms with Gasteiger partial charge in [-0.1, -0.05) is 208 Å². The van der Waals surface area contributed by atoms with Crippen molar-refractivity contribution in [2.75, 3.05) is 26.4 Å². The van der Waals surface area contributed by atoms with Crippen LogP contribution in [0.15, 0.2) is 243 Å². The summed E-state index contributed by atoms with van der Waals surface area (Å²) in [5.41, 5.74) is 13.9. The number of fused-ring (bicyclic) bond motifs is 7. The molecule has 0 saturated carbocycles. The van der Waals surface area contributed by atoms with Crippen LogP contribution in [0.3, 0.4) is 0 Å². The lowest BCUT2D eigenvalue weighted by atomic mass is 9.66. The van der Waals surface area contributed by atoms with E-state index < -0.39 is 5.41 Å². The minimum atomic E-state index is -0.907. The van der Waals surface area contributed by atoms with Gasteiger partial charge in [0.15, 0.2) is 0 Å². The van der Waals surface area contributed by atoms with Crippen LogP contribution in [0.4, 0.5) is 0 Å². The normalized spacial score (nSPS) is 13.4. The Balaban J connectivity index is 1.19. The second-order valence-electron chi connectivity index (χ2n) is 21.1. The van der Waals surface area contributed by atoms with Gasteiger partial charge in [0.05, 0.1) is 18.6 Å². The van der Waals surface area contributed by atoms with Gasteiger partial charge >= 0.3 is 0 Å². The molecule has 0 aromatic heterocycles. The van der Waals surface area contributed by atoms with Gasteiger partial charge in [-0.25, -0.2) is 0 Å². The standard InChI is InChI=1S/C73H58O4/c1-47(43-74)45-76-71-65(57-31-27-49-15-3-7-19-53(49)35-57)39-61(40-66(71)58-32-28-50-16-4-8-20-54(50)36-58)73(69-25-13-11-23-63(69)64-24-12-14-26-70(64)73)62-41-67(59-33-29-51-17-5-9-21-55(51)37-59)72(77-46-48(2)44-75)68(42-62)60-34-30-52-18-6-10-22-56(52)38-60/h3-42,47-48,74-75H,43-46H2,1-2H3. The van der Waals surface area contributed by atoms with Crippen molar-refractivity contribution in [1.82, 2.24) is 0 Å². The highest BCUT2D eigenvalue weighted by Crippen LogP contribution is 2.60. The van der Waals surface area contributed by atoms with Gasteiger partial charge < -0.3 is 19.7 Å². The first-order valence-corrected chi connectivity index (χ1v) is 26.9. The number of rotatable bonds is 14. The molecule has 1 aliphatic rings. The summed E-state index contributed by atoms with van der Waals surface area (Å²) in [5.74, 6) is 1.33. The fraction of sp³-hybridized carbons (Fsp3) is 0.123. The van der Waals surface area contributed by atoms with Gasteiger partial charge in [0.2, 0.25) is 0 Å². The van der Waals surface area contributed by atoms with Crippen LogP contribution >= 0.6 is 0 Å². The van der Waals surface area contributed by atoms with E-state index in [1.807, 2.05) is 13.8 Å². The molecule has 4 nitrogen and oxygen atoms in total. The zero-order chi connectivity index (χ0) is 52.0. The Morgan fingerprint density at radius 2 is 0.584 bits per heavy atom. The molecule has 2 N–H and O–H groups in total. The van der Waals surface area contributed by atoms with Crippen molar-refractivity contribution in [3.63, 3.8) is 0 Å². The zero-order valence-corrected chi connectivity index (χ0v) is 43.3. The summed E-state index contributed by atoms with van der Waals surface area (Å²) >= 11 is 0. The maximum absolute atomic E-state index is 10.5. The average Bonchev–Trinajstić information content (AvgIpc) is 4.08.